The number of ether oxygens (including phenoxy) is 1. The largest absolute Gasteiger partial charge is 0.420 e. The topological polar surface area (TPSA) is 103 Å². The molecule has 9 heteroatoms. The van der Waals surface area contributed by atoms with Crippen LogP contribution in [-0.2, 0) is 0 Å². The third-order valence-corrected chi connectivity index (χ3v) is 5.48. The number of thiophene rings is 1. The molecule has 4 rings (SSSR count). The van der Waals surface area contributed by atoms with Crippen molar-refractivity contribution in [1.82, 2.24) is 15.0 Å². The highest BCUT2D eigenvalue weighted by molar-refractivity contribution is 7.22. The molecule has 0 unspecified atom stereocenters. The van der Waals surface area contributed by atoms with Gasteiger partial charge in [0.05, 0.1) is 15.3 Å². The van der Waals surface area contributed by atoms with Gasteiger partial charge in [-0.25, -0.2) is 19.7 Å². The SMILES string of the molecule is CNc1nccc(-c2ccc(C(=O)Oc3cccc4sc(N)nc34)s2)n1. The van der Waals surface area contributed by atoms with Gasteiger partial charge in [-0.05, 0) is 30.3 Å². The van der Waals surface area contributed by atoms with Crippen LogP contribution in [0.15, 0.2) is 42.6 Å². The molecule has 1 aromatic carbocycles. The van der Waals surface area contributed by atoms with Crippen molar-refractivity contribution in [3.05, 3.63) is 47.5 Å². The number of fused-ring (bicyclic) bond motifs is 1. The van der Waals surface area contributed by atoms with E-state index in [4.69, 9.17) is 10.5 Å². The third-order valence-electron chi connectivity index (χ3n) is 3.54. The van der Waals surface area contributed by atoms with Gasteiger partial charge in [0, 0.05) is 13.2 Å². The van der Waals surface area contributed by atoms with Crippen LogP contribution in [0.5, 0.6) is 5.75 Å². The van der Waals surface area contributed by atoms with Gasteiger partial charge in [0.2, 0.25) is 5.95 Å². The number of esters is 1. The van der Waals surface area contributed by atoms with Crippen molar-refractivity contribution >= 4 is 49.9 Å². The molecule has 0 aliphatic carbocycles. The maximum absolute atomic E-state index is 12.5. The maximum atomic E-state index is 12.5. The Kier molecular flexibility index (Phi) is 4.23. The van der Waals surface area contributed by atoms with Crippen molar-refractivity contribution < 1.29 is 9.53 Å². The fraction of sp³-hybridized carbons (Fsp3) is 0.0588. The molecule has 0 atom stereocenters. The van der Waals surface area contributed by atoms with E-state index in [1.165, 1.54) is 22.7 Å². The number of nitrogen functional groups attached to an aromatic ring is 1. The number of nitrogens with two attached hydrogens (primary N) is 1. The Balaban J connectivity index is 1.60. The molecule has 0 spiro atoms. The molecule has 0 saturated heterocycles. The Bertz CT molecular complexity index is 1110. The van der Waals surface area contributed by atoms with Crippen molar-refractivity contribution in [3.8, 4) is 16.3 Å². The molecule has 0 aliphatic rings. The number of anilines is 2. The van der Waals surface area contributed by atoms with Gasteiger partial charge in [-0.3, -0.25) is 0 Å². The molecule has 0 amide bonds. The van der Waals surface area contributed by atoms with Crippen LogP contribution in [0, 0.1) is 0 Å². The highest BCUT2D eigenvalue weighted by Gasteiger charge is 2.16. The number of rotatable bonds is 4. The van der Waals surface area contributed by atoms with Crippen molar-refractivity contribution in [1.29, 1.82) is 0 Å². The summed E-state index contributed by atoms with van der Waals surface area (Å²) in [6, 6.07) is 10.8. The Morgan fingerprint density at radius 2 is 2.04 bits per heavy atom. The van der Waals surface area contributed by atoms with Crippen molar-refractivity contribution in [2.24, 2.45) is 0 Å². The van der Waals surface area contributed by atoms with Crippen molar-refractivity contribution in [3.63, 3.8) is 0 Å². The van der Waals surface area contributed by atoms with E-state index in [1.54, 1.807) is 31.4 Å². The molecule has 4 aromatic rings. The minimum absolute atomic E-state index is 0.398. The molecule has 0 bridgehead atoms. The molecular weight excluding hydrogens is 370 g/mol. The maximum Gasteiger partial charge on any atom is 0.353 e. The summed E-state index contributed by atoms with van der Waals surface area (Å²) in [6.45, 7) is 0. The number of nitrogens with one attached hydrogen (secondary N) is 1. The number of thiazole rings is 1. The number of carbonyl (C=O) groups excluding carboxylic acids is 1. The molecule has 3 heterocycles. The predicted octanol–water partition coefficient (Wildman–Crippen LogP) is 3.66. The molecule has 0 saturated carbocycles. The van der Waals surface area contributed by atoms with Crippen LogP contribution in [-0.4, -0.2) is 28.0 Å². The minimum atomic E-state index is -0.441. The molecule has 3 aromatic heterocycles. The second kappa shape index (κ2) is 6.70. The first kappa shape index (κ1) is 16.4. The number of benzene rings is 1. The number of aromatic nitrogens is 3. The van der Waals surface area contributed by atoms with Crippen LogP contribution in [0.4, 0.5) is 11.1 Å². The zero-order chi connectivity index (χ0) is 18.1. The third kappa shape index (κ3) is 3.09. The van der Waals surface area contributed by atoms with Gasteiger partial charge in [0.15, 0.2) is 10.9 Å². The molecule has 0 radical (unpaired) electrons. The van der Waals surface area contributed by atoms with E-state index in [9.17, 15) is 4.79 Å². The summed E-state index contributed by atoms with van der Waals surface area (Å²) in [4.78, 5) is 26.5. The molecule has 3 N–H and O–H groups in total. The highest BCUT2D eigenvalue weighted by atomic mass is 32.1. The van der Waals surface area contributed by atoms with Gasteiger partial charge in [-0.2, -0.15) is 0 Å². The first-order valence-electron chi connectivity index (χ1n) is 7.62. The predicted molar refractivity (Wildman–Crippen MR) is 104 cm³/mol. The van der Waals surface area contributed by atoms with Crippen LogP contribution in [0.25, 0.3) is 20.8 Å². The van der Waals surface area contributed by atoms with Gasteiger partial charge < -0.3 is 15.8 Å². The monoisotopic (exact) mass is 383 g/mol. The van der Waals surface area contributed by atoms with E-state index in [0.717, 1.165) is 15.3 Å². The lowest BCUT2D eigenvalue weighted by molar-refractivity contribution is 0.0742. The molecule has 7 nitrogen and oxygen atoms in total. The lowest BCUT2D eigenvalue weighted by atomic mass is 10.3. The van der Waals surface area contributed by atoms with Crippen LogP contribution in [0.2, 0.25) is 0 Å². The highest BCUT2D eigenvalue weighted by Crippen LogP contribution is 2.32. The molecule has 0 fully saturated rings. The summed E-state index contributed by atoms with van der Waals surface area (Å²) in [7, 11) is 1.75. The molecule has 130 valence electrons. The summed E-state index contributed by atoms with van der Waals surface area (Å²) in [5.41, 5.74) is 7.08. The van der Waals surface area contributed by atoms with E-state index in [-0.39, 0.29) is 0 Å². The summed E-state index contributed by atoms with van der Waals surface area (Å²) in [6.07, 6.45) is 1.67. The second-order valence-corrected chi connectivity index (χ2v) is 7.37. The minimum Gasteiger partial charge on any atom is -0.420 e. The normalized spacial score (nSPS) is 10.8. The zero-order valence-electron chi connectivity index (χ0n) is 13.6. The Hall–Kier alpha value is -3.04. The number of nitrogens with zero attached hydrogens (tertiary/aromatic N) is 3. The van der Waals surface area contributed by atoms with E-state index >= 15 is 0 Å². The Morgan fingerprint density at radius 3 is 2.88 bits per heavy atom. The van der Waals surface area contributed by atoms with Crippen molar-refractivity contribution in [2.45, 2.75) is 0 Å². The summed E-state index contributed by atoms with van der Waals surface area (Å²) in [5, 5.41) is 3.33. The van der Waals surface area contributed by atoms with Gasteiger partial charge in [0.25, 0.3) is 0 Å². The van der Waals surface area contributed by atoms with Gasteiger partial charge >= 0.3 is 5.97 Å². The van der Waals surface area contributed by atoms with Crippen LogP contribution in [0.3, 0.4) is 0 Å². The first-order valence-corrected chi connectivity index (χ1v) is 9.25. The van der Waals surface area contributed by atoms with E-state index in [0.29, 0.717) is 27.2 Å². The van der Waals surface area contributed by atoms with E-state index < -0.39 is 5.97 Å². The molecule has 0 aliphatic heterocycles. The van der Waals surface area contributed by atoms with Gasteiger partial charge in [0.1, 0.15) is 10.4 Å². The van der Waals surface area contributed by atoms with Gasteiger partial charge in [-0.1, -0.05) is 17.4 Å². The second-order valence-electron chi connectivity index (χ2n) is 5.22. The summed E-state index contributed by atoms with van der Waals surface area (Å²) < 4.78 is 6.41. The summed E-state index contributed by atoms with van der Waals surface area (Å²) in [5.74, 6) is 0.478. The Labute approximate surface area is 156 Å². The number of para-hydroxylation sites is 1. The number of carbonyl (C=O) groups is 1. The lowest BCUT2D eigenvalue weighted by Gasteiger charge is -2.03. The summed E-state index contributed by atoms with van der Waals surface area (Å²) >= 11 is 2.66. The number of hydrogen-bond acceptors (Lipinski definition) is 9. The smallest absolute Gasteiger partial charge is 0.353 e. The van der Waals surface area contributed by atoms with Crippen LogP contribution < -0.4 is 15.8 Å². The van der Waals surface area contributed by atoms with Crippen molar-refractivity contribution in [2.75, 3.05) is 18.1 Å². The van der Waals surface area contributed by atoms with Crippen LogP contribution >= 0.6 is 22.7 Å². The van der Waals surface area contributed by atoms with E-state index in [2.05, 4.69) is 20.3 Å². The quantitative estimate of drug-likeness (QED) is 0.409. The van der Waals surface area contributed by atoms with E-state index in [1.807, 2.05) is 18.2 Å². The molecular formula is C17H13N5O2S2. The lowest BCUT2D eigenvalue weighted by Crippen LogP contribution is -2.06. The standard InChI is InChI=1S/C17H13N5O2S2/c1-19-17-20-8-7-9(21-17)11-5-6-13(25-11)15(23)24-10-3-2-4-12-14(10)22-16(18)26-12/h2-8H,1H3,(H2,18,22)(H,19,20,21). The van der Waals surface area contributed by atoms with Crippen LogP contribution in [0.1, 0.15) is 9.67 Å². The fourth-order valence-electron chi connectivity index (χ4n) is 2.37. The first-order chi connectivity index (χ1) is 12.6. The average molecular weight is 383 g/mol. The molecule has 26 heavy (non-hydrogen) atoms. The zero-order valence-corrected chi connectivity index (χ0v) is 15.2. The number of hydrogen-bond donors (Lipinski definition) is 2. The fourth-order valence-corrected chi connectivity index (χ4v) is 3.98. The van der Waals surface area contributed by atoms with Gasteiger partial charge in [-0.15, -0.1) is 11.3 Å². The average Bonchev–Trinajstić information content (AvgIpc) is 3.28. The Morgan fingerprint density at radius 1 is 1.15 bits per heavy atom.